The zero-order valence-electron chi connectivity index (χ0n) is 19.7. The van der Waals surface area contributed by atoms with Crippen LogP contribution in [-0.4, -0.2) is 40.8 Å². The van der Waals surface area contributed by atoms with Crippen molar-refractivity contribution in [1.82, 2.24) is 0 Å². The van der Waals surface area contributed by atoms with E-state index in [1.807, 2.05) is 0 Å². The smallest absolute Gasteiger partial charge is 0.309 e. The van der Waals surface area contributed by atoms with Gasteiger partial charge in [0.25, 0.3) is 0 Å². The number of hydrogen-bond acceptors (Lipinski definition) is 7. The predicted octanol–water partition coefficient (Wildman–Crippen LogP) is 3.91. The molecular weight excluding hydrogens is 374 g/mol. The Morgan fingerprint density at radius 1 is 0.690 bits per heavy atom. The molecule has 0 heterocycles. The third-order valence-corrected chi connectivity index (χ3v) is 3.58. The van der Waals surface area contributed by atoms with Gasteiger partial charge < -0.3 is 19.9 Å². The summed E-state index contributed by atoms with van der Waals surface area (Å²) in [6.07, 6.45) is 1.26. The summed E-state index contributed by atoms with van der Waals surface area (Å²) >= 11 is 0. The van der Waals surface area contributed by atoms with Crippen LogP contribution in [0, 0.1) is 5.92 Å². The van der Waals surface area contributed by atoms with Crippen LogP contribution in [0.4, 0.5) is 0 Å². The molecule has 0 aromatic rings. The van der Waals surface area contributed by atoms with Gasteiger partial charge in [0.2, 0.25) is 0 Å². The van der Waals surface area contributed by atoms with E-state index in [2.05, 4.69) is 0 Å². The summed E-state index contributed by atoms with van der Waals surface area (Å²) in [6, 6.07) is -0.390. The third-order valence-electron chi connectivity index (χ3n) is 3.58. The van der Waals surface area contributed by atoms with Crippen molar-refractivity contribution in [3.63, 3.8) is 0 Å². The maximum atomic E-state index is 12.6. The number of ether oxygens (including phenoxy) is 3. The average molecular weight is 416 g/mol. The van der Waals surface area contributed by atoms with Gasteiger partial charge in [0, 0.05) is 18.9 Å². The first kappa shape index (κ1) is 27.4. The number of carbonyl (C=O) groups is 3. The van der Waals surface area contributed by atoms with E-state index in [-0.39, 0.29) is 31.2 Å². The molecule has 0 spiro atoms. The molecule has 0 aromatic heterocycles. The summed E-state index contributed by atoms with van der Waals surface area (Å²) in [4.78, 5) is 36.5. The first-order chi connectivity index (χ1) is 12.9. The van der Waals surface area contributed by atoms with Gasteiger partial charge in [-0.1, -0.05) is 0 Å². The van der Waals surface area contributed by atoms with Gasteiger partial charge in [-0.15, -0.1) is 0 Å². The van der Waals surface area contributed by atoms with E-state index in [1.54, 1.807) is 62.3 Å². The molecule has 170 valence electrons. The Balaban J connectivity index is 4.86. The van der Waals surface area contributed by atoms with Crippen molar-refractivity contribution in [2.75, 3.05) is 0 Å². The summed E-state index contributed by atoms with van der Waals surface area (Å²) in [5.41, 5.74) is 4.40. The molecule has 0 aliphatic rings. The first-order valence-electron chi connectivity index (χ1n) is 10.3. The van der Waals surface area contributed by atoms with E-state index in [1.165, 1.54) is 0 Å². The molecule has 29 heavy (non-hydrogen) atoms. The zero-order valence-corrected chi connectivity index (χ0v) is 19.7. The first-order valence-corrected chi connectivity index (χ1v) is 10.3. The lowest BCUT2D eigenvalue weighted by molar-refractivity contribution is -0.161. The quantitative estimate of drug-likeness (QED) is 0.449. The molecule has 2 atom stereocenters. The number of esters is 3. The van der Waals surface area contributed by atoms with E-state index in [9.17, 15) is 14.4 Å². The molecule has 0 saturated heterocycles. The highest BCUT2D eigenvalue weighted by molar-refractivity contribution is 5.75. The Kier molecular flexibility index (Phi) is 10.3. The van der Waals surface area contributed by atoms with Gasteiger partial charge in [0.15, 0.2) is 0 Å². The van der Waals surface area contributed by atoms with Crippen molar-refractivity contribution in [2.45, 2.75) is 117 Å². The Hall–Kier alpha value is -1.63. The van der Waals surface area contributed by atoms with Crippen molar-refractivity contribution >= 4 is 17.9 Å². The Morgan fingerprint density at radius 3 is 1.45 bits per heavy atom. The van der Waals surface area contributed by atoms with Crippen molar-refractivity contribution in [2.24, 2.45) is 11.7 Å². The average Bonchev–Trinajstić information content (AvgIpc) is 2.43. The summed E-state index contributed by atoms with van der Waals surface area (Å²) in [6.45, 7) is 16.2. The number of rotatable bonds is 9. The van der Waals surface area contributed by atoms with E-state index >= 15 is 0 Å². The lowest BCUT2D eigenvalue weighted by Crippen LogP contribution is -2.34. The number of carbonyl (C=O) groups excluding carboxylic acids is 3. The van der Waals surface area contributed by atoms with E-state index in [0.29, 0.717) is 12.8 Å². The zero-order chi connectivity index (χ0) is 23.0. The van der Waals surface area contributed by atoms with Gasteiger partial charge in [-0.3, -0.25) is 14.4 Å². The van der Waals surface area contributed by atoms with Gasteiger partial charge in [0.1, 0.15) is 16.8 Å². The minimum atomic E-state index is -0.637. The van der Waals surface area contributed by atoms with Gasteiger partial charge in [-0.2, -0.15) is 0 Å². The lowest BCUT2D eigenvalue weighted by atomic mass is 9.93. The number of hydrogen-bond donors (Lipinski definition) is 1. The second-order valence-electron chi connectivity index (χ2n) is 10.5. The van der Waals surface area contributed by atoms with Crippen molar-refractivity contribution in [1.29, 1.82) is 0 Å². The van der Waals surface area contributed by atoms with Crippen LogP contribution < -0.4 is 5.73 Å². The third kappa shape index (κ3) is 15.9. The van der Waals surface area contributed by atoms with Crippen LogP contribution in [0.2, 0.25) is 0 Å². The minimum absolute atomic E-state index is 0.0972. The van der Waals surface area contributed by atoms with Crippen LogP contribution in [0.15, 0.2) is 0 Å². The molecule has 0 radical (unpaired) electrons. The standard InChI is InChI=1S/C22H41NO6/c1-20(2,3)27-17(24)12-10-15(19(26)29-22(7,8)9)14-16(23)11-13-18(25)28-21(4,5)6/h15-16H,10-14,23H2,1-9H3. The molecule has 0 aromatic carbocycles. The SMILES string of the molecule is CC(C)(C)OC(=O)CCC(N)CC(CCC(=O)OC(C)(C)C)C(=O)OC(C)(C)C. The van der Waals surface area contributed by atoms with Crippen LogP contribution in [-0.2, 0) is 28.6 Å². The fraction of sp³-hybridized carbons (Fsp3) is 0.864. The minimum Gasteiger partial charge on any atom is -0.460 e. The van der Waals surface area contributed by atoms with Crippen LogP contribution in [0.1, 0.15) is 94.4 Å². The molecule has 0 aliphatic carbocycles. The topological polar surface area (TPSA) is 105 Å². The van der Waals surface area contributed by atoms with Crippen LogP contribution >= 0.6 is 0 Å². The molecule has 7 heteroatoms. The number of nitrogens with two attached hydrogens (primary N) is 1. The fourth-order valence-electron chi connectivity index (χ4n) is 2.58. The molecule has 0 rings (SSSR count). The predicted molar refractivity (Wildman–Crippen MR) is 112 cm³/mol. The Labute approximate surface area is 176 Å². The monoisotopic (exact) mass is 415 g/mol. The molecule has 0 bridgehead atoms. The van der Waals surface area contributed by atoms with E-state index < -0.39 is 34.7 Å². The molecular formula is C22H41NO6. The molecule has 0 aliphatic heterocycles. The molecule has 2 unspecified atom stereocenters. The summed E-state index contributed by atoms with van der Waals surface area (Å²) in [5.74, 6) is -1.63. The summed E-state index contributed by atoms with van der Waals surface area (Å²) in [5, 5.41) is 0. The second kappa shape index (κ2) is 11.0. The van der Waals surface area contributed by atoms with E-state index in [4.69, 9.17) is 19.9 Å². The molecule has 0 amide bonds. The van der Waals surface area contributed by atoms with Crippen LogP contribution in [0.3, 0.4) is 0 Å². The van der Waals surface area contributed by atoms with Gasteiger partial charge in [0.05, 0.1) is 5.92 Å². The van der Waals surface area contributed by atoms with Gasteiger partial charge in [-0.25, -0.2) is 0 Å². The highest BCUT2D eigenvalue weighted by atomic mass is 16.6. The largest absolute Gasteiger partial charge is 0.460 e. The maximum absolute atomic E-state index is 12.6. The molecule has 0 fully saturated rings. The van der Waals surface area contributed by atoms with Gasteiger partial charge >= 0.3 is 17.9 Å². The Morgan fingerprint density at radius 2 is 1.07 bits per heavy atom. The summed E-state index contributed by atoms with van der Waals surface area (Å²) < 4.78 is 16.1. The van der Waals surface area contributed by atoms with Gasteiger partial charge in [-0.05, 0) is 81.6 Å². The molecule has 2 N–H and O–H groups in total. The lowest BCUT2D eigenvalue weighted by Gasteiger charge is -2.26. The van der Waals surface area contributed by atoms with Crippen molar-refractivity contribution in [3.05, 3.63) is 0 Å². The van der Waals surface area contributed by atoms with Crippen molar-refractivity contribution < 1.29 is 28.6 Å². The second-order valence-corrected chi connectivity index (χ2v) is 10.5. The van der Waals surface area contributed by atoms with Crippen LogP contribution in [0.25, 0.3) is 0 Å². The fourth-order valence-corrected chi connectivity index (χ4v) is 2.58. The normalized spacial score (nSPS) is 14.7. The summed E-state index contributed by atoms with van der Waals surface area (Å²) in [7, 11) is 0. The maximum Gasteiger partial charge on any atom is 0.309 e. The molecule has 7 nitrogen and oxygen atoms in total. The highest BCUT2D eigenvalue weighted by Gasteiger charge is 2.29. The van der Waals surface area contributed by atoms with E-state index in [0.717, 1.165) is 0 Å². The molecule has 0 saturated carbocycles. The van der Waals surface area contributed by atoms with Crippen molar-refractivity contribution in [3.8, 4) is 0 Å². The van der Waals surface area contributed by atoms with Crippen LogP contribution in [0.5, 0.6) is 0 Å². The Bertz CT molecular complexity index is 551. The highest BCUT2D eigenvalue weighted by Crippen LogP contribution is 2.22.